The number of anilines is 1. The van der Waals surface area contributed by atoms with Gasteiger partial charge in [-0.15, -0.1) is 0 Å². The van der Waals surface area contributed by atoms with Gasteiger partial charge in [-0.2, -0.15) is 0 Å². The van der Waals surface area contributed by atoms with Crippen LogP contribution in [0, 0.1) is 6.92 Å². The molecule has 1 unspecified atom stereocenters. The molecular weight excluding hydrogens is 302 g/mol. The number of benzene rings is 2. The van der Waals surface area contributed by atoms with Crippen molar-refractivity contribution < 1.29 is 4.79 Å². The van der Waals surface area contributed by atoms with Crippen molar-refractivity contribution in [3.05, 3.63) is 63.6 Å². The zero-order valence-corrected chi connectivity index (χ0v) is 12.2. The molecule has 0 bridgehead atoms. The van der Waals surface area contributed by atoms with E-state index in [9.17, 15) is 4.79 Å². The van der Waals surface area contributed by atoms with Crippen molar-refractivity contribution in [3.8, 4) is 0 Å². The molecule has 1 atom stereocenters. The van der Waals surface area contributed by atoms with Crippen LogP contribution in [-0.2, 0) is 11.2 Å². The average Bonchev–Trinajstić information content (AvgIpc) is 2.34. The number of carbonyl (C=O) groups is 1. The Hall–Kier alpha value is -1.61. The molecule has 96 valence electrons. The maximum absolute atomic E-state index is 12.3. The molecule has 3 rings (SSSR count). The molecule has 0 fully saturated rings. The summed E-state index contributed by atoms with van der Waals surface area (Å²) in [5, 5.41) is 3.02. The fraction of sp³-hybridized carbons (Fsp3) is 0.188. The number of fused-ring (bicyclic) bond motifs is 1. The largest absolute Gasteiger partial charge is 0.325 e. The van der Waals surface area contributed by atoms with Gasteiger partial charge in [-0.3, -0.25) is 4.79 Å². The molecule has 1 aliphatic carbocycles. The zero-order valence-electron chi connectivity index (χ0n) is 10.6. The lowest BCUT2D eigenvalue weighted by atomic mass is 9.77. The van der Waals surface area contributed by atoms with E-state index in [4.69, 9.17) is 0 Å². The lowest BCUT2D eigenvalue weighted by Gasteiger charge is -2.29. The summed E-state index contributed by atoms with van der Waals surface area (Å²) < 4.78 is 1.02. The number of nitrogens with one attached hydrogen (secondary N) is 1. The molecule has 1 aliphatic rings. The van der Waals surface area contributed by atoms with E-state index in [2.05, 4.69) is 27.3 Å². The van der Waals surface area contributed by atoms with Crippen LogP contribution in [0.15, 0.2) is 46.9 Å². The van der Waals surface area contributed by atoms with Crippen molar-refractivity contribution in [1.29, 1.82) is 0 Å². The average molecular weight is 316 g/mol. The zero-order chi connectivity index (χ0) is 13.4. The van der Waals surface area contributed by atoms with E-state index in [-0.39, 0.29) is 11.8 Å². The first-order chi connectivity index (χ1) is 9.15. The number of aryl methyl sites for hydroxylation is 1. The van der Waals surface area contributed by atoms with E-state index >= 15 is 0 Å². The van der Waals surface area contributed by atoms with Gasteiger partial charge in [0.05, 0.1) is 5.92 Å². The topological polar surface area (TPSA) is 29.1 Å². The van der Waals surface area contributed by atoms with Crippen LogP contribution in [0.3, 0.4) is 0 Å². The van der Waals surface area contributed by atoms with Crippen LogP contribution >= 0.6 is 15.9 Å². The quantitative estimate of drug-likeness (QED) is 0.890. The predicted octanol–water partition coefficient (Wildman–Crippen LogP) is 4.04. The summed E-state index contributed by atoms with van der Waals surface area (Å²) in [6.07, 6.45) is 0.845. The van der Waals surface area contributed by atoms with Gasteiger partial charge in [0.1, 0.15) is 0 Å². The number of hydrogen-bond donors (Lipinski definition) is 1. The highest BCUT2D eigenvalue weighted by atomic mass is 79.9. The van der Waals surface area contributed by atoms with Crippen LogP contribution < -0.4 is 5.32 Å². The van der Waals surface area contributed by atoms with Gasteiger partial charge >= 0.3 is 0 Å². The third kappa shape index (κ3) is 2.30. The van der Waals surface area contributed by atoms with E-state index in [1.165, 1.54) is 5.56 Å². The summed E-state index contributed by atoms with van der Waals surface area (Å²) in [6.45, 7) is 2.00. The van der Waals surface area contributed by atoms with Crippen molar-refractivity contribution in [2.75, 3.05) is 5.32 Å². The molecule has 2 aromatic carbocycles. The first-order valence-electron chi connectivity index (χ1n) is 6.30. The predicted molar refractivity (Wildman–Crippen MR) is 80.4 cm³/mol. The minimum absolute atomic E-state index is 0.000697. The van der Waals surface area contributed by atoms with Gasteiger partial charge < -0.3 is 5.32 Å². The molecule has 2 nitrogen and oxygen atoms in total. The van der Waals surface area contributed by atoms with Gasteiger partial charge in [0.2, 0.25) is 5.91 Å². The molecule has 0 radical (unpaired) electrons. The Balaban J connectivity index is 1.77. The molecular formula is C16H14BrNO. The van der Waals surface area contributed by atoms with E-state index in [1.807, 2.05) is 43.3 Å². The summed E-state index contributed by atoms with van der Waals surface area (Å²) in [4.78, 5) is 12.3. The minimum atomic E-state index is -0.000697. The van der Waals surface area contributed by atoms with E-state index in [0.717, 1.165) is 27.7 Å². The van der Waals surface area contributed by atoms with E-state index < -0.39 is 0 Å². The molecule has 0 aliphatic heterocycles. The highest BCUT2D eigenvalue weighted by Gasteiger charge is 2.31. The highest BCUT2D eigenvalue weighted by molar-refractivity contribution is 9.10. The van der Waals surface area contributed by atoms with Crippen molar-refractivity contribution in [1.82, 2.24) is 0 Å². The van der Waals surface area contributed by atoms with Gasteiger partial charge in [-0.25, -0.2) is 0 Å². The first kappa shape index (κ1) is 12.4. The van der Waals surface area contributed by atoms with Gasteiger partial charge in [0, 0.05) is 10.2 Å². The molecule has 0 spiro atoms. The van der Waals surface area contributed by atoms with Crippen molar-refractivity contribution in [2.24, 2.45) is 0 Å². The van der Waals surface area contributed by atoms with Crippen molar-refractivity contribution in [3.63, 3.8) is 0 Å². The Morgan fingerprint density at radius 3 is 2.79 bits per heavy atom. The third-order valence-corrected chi connectivity index (χ3v) is 4.11. The van der Waals surface area contributed by atoms with Crippen molar-refractivity contribution in [2.45, 2.75) is 19.3 Å². The molecule has 1 N–H and O–H groups in total. The number of halogens is 1. The second-order valence-electron chi connectivity index (χ2n) is 4.90. The van der Waals surface area contributed by atoms with E-state index in [1.54, 1.807) is 0 Å². The Morgan fingerprint density at radius 1 is 1.26 bits per heavy atom. The van der Waals surface area contributed by atoms with Crippen molar-refractivity contribution >= 4 is 27.5 Å². The number of amides is 1. The molecule has 2 aromatic rings. The molecule has 1 amide bonds. The lowest BCUT2D eigenvalue weighted by Crippen LogP contribution is -2.30. The minimum Gasteiger partial charge on any atom is -0.325 e. The lowest BCUT2D eigenvalue weighted by molar-refractivity contribution is -0.118. The summed E-state index contributed by atoms with van der Waals surface area (Å²) in [7, 11) is 0. The first-order valence-corrected chi connectivity index (χ1v) is 7.09. The Labute approximate surface area is 121 Å². The van der Waals surface area contributed by atoms with Crippen LogP contribution in [0.4, 0.5) is 5.69 Å². The van der Waals surface area contributed by atoms with Crippen LogP contribution in [0.2, 0.25) is 0 Å². The van der Waals surface area contributed by atoms with Crippen LogP contribution in [-0.4, -0.2) is 5.91 Å². The molecule has 19 heavy (non-hydrogen) atoms. The Kier molecular flexibility index (Phi) is 3.15. The number of carbonyl (C=O) groups excluding carboxylic acids is 1. The molecule has 3 heteroatoms. The summed E-state index contributed by atoms with van der Waals surface area (Å²) in [5.74, 6) is 0.0865. The van der Waals surface area contributed by atoms with Gasteiger partial charge in [0.25, 0.3) is 0 Å². The highest BCUT2D eigenvalue weighted by Crippen LogP contribution is 2.35. The monoisotopic (exact) mass is 315 g/mol. The Morgan fingerprint density at radius 2 is 2.05 bits per heavy atom. The fourth-order valence-corrected chi connectivity index (χ4v) is 2.96. The summed E-state index contributed by atoms with van der Waals surface area (Å²) in [5.41, 5.74) is 4.40. The summed E-state index contributed by atoms with van der Waals surface area (Å²) >= 11 is 3.42. The Bertz CT molecular complexity index is 651. The standard InChI is InChI=1S/C16H14BrNO/c1-10-8-12(17)6-7-15(10)18-16(19)14-9-11-4-2-3-5-13(11)14/h2-8,14H,9H2,1H3,(H,18,19). The number of rotatable bonds is 2. The fourth-order valence-electron chi connectivity index (χ4n) is 2.48. The summed E-state index contributed by atoms with van der Waals surface area (Å²) in [6, 6.07) is 14.0. The number of hydrogen-bond acceptors (Lipinski definition) is 1. The second kappa shape index (κ2) is 4.82. The third-order valence-electron chi connectivity index (χ3n) is 3.62. The van der Waals surface area contributed by atoms with Crippen LogP contribution in [0.1, 0.15) is 22.6 Å². The second-order valence-corrected chi connectivity index (χ2v) is 5.82. The normalized spacial score (nSPS) is 16.4. The maximum Gasteiger partial charge on any atom is 0.232 e. The van der Waals surface area contributed by atoms with Gasteiger partial charge in [-0.05, 0) is 48.2 Å². The molecule has 0 saturated heterocycles. The van der Waals surface area contributed by atoms with E-state index in [0.29, 0.717) is 0 Å². The van der Waals surface area contributed by atoms with Crippen LogP contribution in [0.25, 0.3) is 0 Å². The van der Waals surface area contributed by atoms with Crippen LogP contribution in [0.5, 0.6) is 0 Å². The van der Waals surface area contributed by atoms with Gasteiger partial charge in [-0.1, -0.05) is 40.2 Å². The maximum atomic E-state index is 12.3. The molecule has 0 aromatic heterocycles. The molecule has 0 saturated carbocycles. The molecule has 0 heterocycles. The smallest absolute Gasteiger partial charge is 0.232 e. The SMILES string of the molecule is Cc1cc(Br)ccc1NC(=O)C1Cc2ccccc21. The van der Waals surface area contributed by atoms with Gasteiger partial charge in [0.15, 0.2) is 0 Å².